The quantitative estimate of drug-likeness (QED) is 0.175. The number of sulfonamides is 1. The monoisotopic (exact) mass is 684 g/mol. The van der Waals surface area contributed by atoms with Gasteiger partial charge in [-0.15, -0.1) is 10.8 Å². The molecule has 3 aromatic carbocycles. The minimum absolute atomic E-state index is 0. The number of aryl methyl sites for hydroxylation is 1. The maximum atomic E-state index is 12.9. The molecule has 4 rings (SSSR count). The van der Waals surface area contributed by atoms with Gasteiger partial charge in [0, 0.05) is 16.9 Å². The Kier molecular flexibility index (Phi) is 12.3. The second-order valence-corrected chi connectivity index (χ2v) is 11.9. The van der Waals surface area contributed by atoms with Gasteiger partial charge in [0.05, 0.1) is 22.9 Å². The van der Waals surface area contributed by atoms with Crippen LogP contribution < -0.4 is 59.0 Å². The van der Waals surface area contributed by atoms with Gasteiger partial charge in [-0.25, -0.2) is 12.6 Å². The predicted octanol–water partition coefficient (Wildman–Crippen LogP) is -0.0364. The van der Waals surface area contributed by atoms with Crippen molar-refractivity contribution >= 4 is 47.3 Å². The molecular formula is C24H20CoN5NaO8S3. The summed E-state index contributed by atoms with van der Waals surface area (Å²) in [6.07, 6.45) is 0. The van der Waals surface area contributed by atoms with Gasteiger partial charge in [0.15, 0.2) is 0 Å². The molecule has 42 heavy (non-hydrogen) atoms. The number of azo groups is 1. The third kappa shape index (κ3) is 8.65. The van der Waals surface area contributed by atoms with Crippen molar-refractivity contribution in [2.24, 2.45) is 10.2 Å². The molecule has 1 aromatic heterocycles. The maximum absolute atomic E-state index is 12.9. The van der Waals surface area contributed by atoms with Crippen molar-refractivity contribution in [1.29, 1.82) is 0 Å². The molecule has 1 atom stereocenters. The second-order valence-electron chi connectivity index (χ2n) is 8.00. The molecule has 0 aliphatic rings. The number of ether oxygens (including phenoxy) is 1. The normalized spacial score (nSPS) is 12.5. The zero-order valence-corrected chi connectivity index (χ0v) is 27.7. The van der Waals surface area contributed by atoms with E-state index < -0.39 is 30.4 Å². The number of rotatable bonds is 10. The van der Waals surface area contributed by atoms with Gasteiger partial charge in [-0.3, -0.25) is 9.52 Å². The number of nitrogens with zero attached hydrogens (tertiary/aromatic N) is 4. The van der Waals surface area contributed by atoms with Crippen LogP contribution in [0.15, 0.2) is 86.6 Å². The van der Waals surface area contributed by atoms with Crippen molar-refractivity contribution in [3.63, 3.8) is 0 Å². The van der Waals surface area contributed by atoms with Crippen LogP contribution in [-0.4, -0.2) is 28.5 Å². The van der Waals surface area contributed by atoms with E-state index in [0.717, 1.165) is 10.7 Å². The fourth-order valence-electron chi connectivity index (χ4n) is 3.43. The molecule has 0 spiro atoms. The number of benzene rings is 3. The number of hydrogen-bond donors (Lipinski definition) is 1. The summed E-state index contributed by atoms with van der Waals surface area (Å²) in [5, 5.41) is 24.4. The first-order valence-electron chi connectivity index (χ1n) is 11.4. The van der Waals surface area contributed by atoms with Crippen LogP contribution in [0.4, 0.5) is 17.1 Å². The third-order valence-electron chi connectivity index (χ3n) is 5.20. The summed E-state index contributed by atoms with van der Waals surface area (Å²) in [5.74, 6) is -0.453. The Bertz CT molecular complexity index is 1860. The van der Waals surface area contributed by atoms with Crippen molar-refractivity contribution in [3.05, 3.63) is 82.8 Å². The minimum Gasteiger partial charge on any atom is -0.871 e. The number of anilines is 1. The summed E-state index contributed by atoms with van der Waals surface area (Å²) in [6.45, 7) is 3.60. The Morgan fingerprint density at radius 2 is 1.71 bits per heavy atom. The second kappa shape index (κ2) is 14.6. The van der Waals surface area contributed by atoms with E-state index in [1.165, 1.54) is 49.4 Å². The Morgan fingerprint density at radius 3 is 2.33 bits per heavy atom. The molecule has 1 N–H and O–H groups in total. The average Bonchev–Trinajstić information content (AvgIpc) is 3.17. The molecular weight excluding hydrogens is 664 g/mol. The fraction of sp³-hybridized carbons (Fsp3) is 0.125. The molecule has 0 aliphatic carbocycles. The number of para-hydroxylation sites is 2. The summed E-state index contributed by atoms with van der Waals surface area (Å²) in [4.78, 5) is 12.6. The standard InChI is InChI=1S/C24H23N5O8S3.Co.Na/c1-3-36-22-7-5-4-6-20(22)28-39(32,33)18-12-13-19(21(30)14-18)25-26-23-15(2)27-29(24(23)31)16-8-10-17(11-9-16)37-40(34,35)38;;/h4-14,28H,3H2,1-2H3,(H3,25,26,27,30,31,34,35,38);;/q;+2;+1/p-3. The van der Waals surface area contributed by atoms with Gasteiger partial charge in [0.25, 0.3) is 15.6 Å². The summed E-state index contributed by atoms with van der Waals surface area (Å²) < 4.78 is 61.3. The predicted molar refractivity (Wildman–Crippen MR) is 145 cm³/mol. The molecule has 217 valence electrons. The van der Waals surface area contributed by atoms with Gasteiger partial charge in [-0.05, 0) is 61.5 Å². The molecule has 0 bridgehead atoms. The van der Waals surface area contributed by atoms with Crippen LogP contribution in [0.3, 0.4) is 0 Å². The largest absolute Gasteiger partial charge is 2.00 e. The van der Waals surface area contributed by atoms with E-state index in [-0.39, 0.29) is 85.4 Å². The Morgan fingerprint density at radius 1 is 1.05 bits per heavy atom. The number of hydrogen-bond acceptors (Lipinski definition) is 11. The first kappa shape index (κ1) is 35.5. The van der Waals surface area contributed by atoms with Gasteiger partial charge in [0.1, 0.15) is 26.2 Å². The Labute approximate surface area is 278 Å². The van der Waals surface area contributed by atoms with Crippen molar-refractivity contribution in [2.75, 3.05) is 11.3 Å². The molecule has 0 aliphatic heterocycles. The first-order chi connectivity index (χ1) is 18.9. The van der Waals surface area contributed by atoms with Crippen molar-refractivity contribution < 1.29 is 77.5 Å². The maximum Gasteiger partial charge on any atom is 2.00 e. The molecule has 0 saturated heterocycles. The van der Waals surface area contributed by atoms with E-state index in [1.807, 2.05) is 0 Å². The molecule has 13 nitrogen and oxygen atoms in total. The van der Waals surface area contributed by atoms with E-state index in [0.29, 0.717) is 12.4 Å². The summed E-state index contributed by atoms with van der Waals surface area (Å²) in [6, 6.07) is 15.1. The minimum atomic E-state index is -4.13. The van der Waals surface area contributed by atoms with Crippen LogP contribution in [0, 0.1) is 6.92 Å². The fourth-order valence-corrected chi connectivity index (χ4v) is 5.10. The third-order valence-corrected chi connectivity index (χ3v) is 7.16. The van der Waals surface area contributed by atoms with Crippen molar-refractivity contribution in [2.45, 2.75) is 18.7 Å². The van der Waals surface area contributed by atoms with Gasteiger partial charge in [-0.1, -0.05) is 24.8 Å². The first-order valence-corrected chi connectivity index (χ1v) is 15.2. The van der Waals surface area contributed by atoms with Crippen molar-refractivity contribution in [1.82, 2.24) is 9.78 Å². The van der Waals surface area contributed by atoms with Crippen LogP contribution in [0.2, 0.25) is 0 Å². The van der Waals surface area contributed by atoms with Gasteiger partial charge in [-0.2, -0.15) is 5.11 Å². The summed E-state index contributed by atoms with van der Waals surface area (Å²) in [7, 11) is -8.26. The topological polar surface area (TPSA) is 189 Å². The van der Waals surface area contributed by atoms with Gasteiger partial charge >= 0.3 is 46.3 Å². The zero-order valence-electron chi connectivity index (χ0n) is 22.2. The van der Waals surface area contributed by atoms with Gasteiger partial charge < -0.3 is 28.4 Å². The molecule has 1 radical (unpaired) electrons. The van der Waals surface area contributed by atoms with E-state index in [1.54, 1.807) is 25.1 Å². The number of aromatic nitrogens is 2. The van der Waals surface area contributed by atoms with Gasteiger partial charge in [0.2, 0.25) is 0 Å². The van der Waals surface area contributed by atoms with E-state index in [9.17, 15) is 27.1 Å². The smallest absolute Gasteiger partial charge is 0.871 e. The van der Waals surface area contributed by atoms with Crippen LogP contribution in [0.25, 0.3) is 5.69 Å². The molecule has 0 saturated carbocycles. The molecule has 1 heterocycles. The van der Waals surface area contributed by atoms with Crippen LogP contribution in [-0.2, 0) is 47.0 Å². The SMILES string of the molecule is CCOc1ccccc1NS(=O)(=O)c1ccc(N=Nc2c(C)[n-]n(-c3ccc(OS(=O)([O-])=S)cc3)c2=O)c([O-])c1.[Co+2].[Na+]. The summed E-state index contributed by atoms with van der Waals surface area (Å²) >= 11 is 4.18. The molecule has 0 fully saturated rings. The molecule has 1 unspecified atom stereocenters. The average molecular weight is 685 g/mol. The molecule has 0 amide bonds. The van der Waals surface area contributed by atoms with E-state index in [2.05, 4.69) is 35.4 Å². The number of nitrogens with one attached hydrogen (secondary N) is 1. The molecule has 18 heteroatoms. The summed E-state index contributed by atoms with van der Waals surface area (Å²) in [5.41, 5.74) is -0.323. The van der Waals surface area contributed by atoms with E-state index in [4.69, 9.17) is 4.74 Å². The Balaban J connectivity index is 0.00000308. The zero-order chi connectivity index (χ0) is 29.1. The van der Waals surface area contributed by atoms with E-state index >= 15 is 0 Å². The van der Waals surface area contributed by atoms with Crippen LogP contribution >= 0.6 is 0 Å². The molecule has 4 aromatic rings. The Hall–Kier alpha value is -2.74. The van der Waals surface area contributed by atoms with Crippen molar-refractivity contribution in [3.8, 4) is 22.9 Å². The van der Waals surface area contributed by atoms with Crippen LogP contribution in [0.1, 0.15) is 12.6 Å². The van der Waals surface area contributed by atoms with Crippen LogP contribution in [0.5, 0.6) is 17.2 Å².